The van der Waals surface area contributed by atoms with Crippen LogP contribution in [0.3, 0.4) is 0 Å². The standard InChI is InChI=1S/C27H25F3N2O/c28-19-6-9-22(10-7-19)32-25-11-8-21(30)16-23(25)24-17-31(14-12-26(24)32)13-2-5-27(33)18-3-1-4-20(29)15-18/h1,3-4,6-11,15-16,27,33H,2,5,12-14,17H2. The van der Waals surface area contributed by atoms with Crippen molar-refractivity contribution >= 4 is 10.9 Å². The van der Waals surface area contributed by atoms with E-state index in [9.17, 15) is 18.3 Å². The molecule has 6 heteroatoms. The van der Waals surface area contributed by atoms with Crippen molar-refractivity contribution in [3.05, 3.63) is 101 Å². The summed E-state index contributed by atoms with van der Waals surface area (Å²) in [5, 5.41) is 11.3. The zero-order valence-corrected chi connectivity index (χ0v) is 18.1. The summed E-state index contributed by atoms with van der Waals surface area (Å²) in [5.41, 5.74) is 4.58. The van der Waals surface area contributed by atoms with Crippen LogP contribution in [-0.4, -0.2) is 27.7 Å². The Kier molecular flexibility index (Phi) is 5.96. The number of rotatable bonds is 6. The minimum atomic E-state index is -0.699. The summed E-state index contributed by atoms with van der Waals surface area (Å²) in [7, 11) is 0. The van der Waals surface area contributed by atoms with Gasteiger partial charge < -0.3 is 9.67 Å². The van der Waals surface area contributed by atoms with Gasteiger partial charge in [-0.15, -0.1) is 0 Å². The SMILES string of the molecule is OC(CCCN1CCc2c(c3cc(F)ccc3n2-c2ccc(F)cc2)C1)c1cccc(F)c1. The lowest BCUT2D eigenvalue weighted by atomic mass is 10.0. The first-order valence-corrected chi connectivity index (χ1v) is 11.2. The molecule has 33 heavy (non-hydrogen) atoms. The lowest BCUT2D eigenvalue weighted by molar-refractivity contribution is 0.152. The number of hydrogen-bond acceptors (Lipinski definition) is 2. The lowest BCUT2D eigenvalue weighted by Crippen LogP contribution is -2.32. The second-order valence-electron chi connectivity index (χ2n) is 8.64. The maximum absolute atomic E-state index is 14.1. The zero-order chi connectivity index (χ0) is 22.9. The first kappa shape index (κ1) is 21.7. The largest absolute Gasteiger partial charge is 0.388 e. The van der Waals surface area contributed by atoms with Gasteiger partial charge in [-0.25, -0.2) is 13.2 Å². The monoisotopic (exact) mass is 450 g/mol. The fourth-order valence-electron chi connectivity index (χ4n) is 4.85. The van der Waals surface area contributed by atoms with Crippen molar-refractivity contribution < 1.29 is 18.3 Å². The molecule has 1 aliphatic heterocycles. The molecule has 1 atom stereocenters. The van der Waals surface area contributed by atoms with Gasteiger partial charge in [0.25, 0.3) is 0 Å². The van der Waals surface area contributed by atoms with Crippen molar-refractivity contribution in [1.29, 1.82) is 0 Å². The van der Waals surface area contributed by atoms with E-state index in [0.29, 0.717) is 18.5 Å². The van der Waals surface area contributed by atoms with Crippen molar-refractivity contribution in [2.45, 2.75) is 31.9 Å². The molecular formula is C27H25F3N2O. The Bertz CT molecular complexity index is 1280. The van der Waals surface area contributed by atoms with Crippen molar-refractivity contribution in [3.8, 4) is 5.69 Å². The third-order valence-corrected chi connectivity index (χ3v) is 6.46. The van der Waals surface area contributed by atoms with Crippen molar-refractivity contribution in [1.82, 2.24) is 9.47 Å². The van der Waals surface area contributed by atoms with Crippen LogP contribution in [0.4, 0.5) is 13.2 Å². The van der Waals surface area contributed by atoms with Crippen LogP contribution in [0.15, 0.2) is 66.7 Å². The molecule has 0 aliphatic carbocycles. The maximum atomic E-state index is 14.1. The molecule has 1 unspecified atom stereocenters. The minimum absolute atomic E-state index is 0.281. The van der Waals surface area contributed by atoms with Crippen LogP contribution < -0.4 is 0 Å². The molecule has 3 nitrogen and oxygen atoms in total. The molecule has 1 aliphatic rings. The Morgan fingerprint density at radius 3 is 2.42 bits per heavy atom. The van der Waals surface area contributed by atoms with Crippen molar-refractivity contribution in [2.75, 3.05) is 13.1 Å². The first-order valence-electron chi connectivity index (χ1n) is 11.2. The Balaban J connectivity index is 1.35. The summed E-state index contributed by atoms with van der Waals surface area (Å²) in [5.74, 6) is -0.918. The van der Waals surface area contributed by atoms with E-state index in [4.69, 9.17) is 0 Å². The summed E-state index contributed by atoms with van der Waals surface area (Å²) in [4.78, 5) is 2.31. The fraction of sp³-hybridized carbons (Fsp3) is 0.259. The Morgan fingerprint density at radius 1 is 0.879 bits per heavy atom. The molecule has 170 valence electrons. The number of benzene rings is 3. The number of aliphatic hydroxyl groups excluding tert-OH is 1. The molecule has 1 aromatic heterocycles. The molecule has 1 N–H and O–H groups in total. The number of halogens is 3. The van der Waals surface area contributed by atoms with Gasteiger partial charge in [-0.1, -0.05) is 12.1 Å². The zero-order valence-electron chi connectivity index (χ0n) is 18.1. The van der Waals surface area contributed by atoms with Crippen molar-refractivity contribution in [3.63, 3.8) is 0 Å². The second kappa shape index (κ2) is 9.04. The summed E-state index contributed by atoms with van der Waals surface area (Å²) in [6.45, 7) is 2.30. The van der Waals surface area contributed by atoms with Gasteiger partial charge >= 0.3 is 0 Å². The van der Waals surface area contributed by atoms with Gasteiger partial charge in [0.2, 0.25) is 0 Å². The quantitative estimate of drug-likeness (QED) is 0.395. The highest BCUT2D eigenvalue weighted by Gasteiger charge is 2.25. The predicted molar refractivity (Wildman–Crippen MR) is 123 cm³/mol. The van der Waals surface area contributed by atoms with E-state index in [-0.39, 0.29) is 17.5 Å². The van der Waals surface area contributed by atoms with Crippen LogP contribution in [0.1, 0.15) is 35.8 Å². The number of fused-ring (bicyclic) bond motifs is 3. The maximum Gasteiger partial charge on any atom is 0.123 e. The van der Waals surface area contributed by atoms with E-state index in [1.807, 2.05) is 0 Å². The van der Waals surface area contributed by atoms with Crippen molar-refractivity contribution in [2.24, 2.45) is 0 Å². The van der Waals surface area contributed by atoms with E-state index in [1.54, 1.807) is 36.4 Å². The van der Waals surface area contributed by atoms with Gasteiger partial charge in [0.05, 0.1) is 11.6 Å². The number of aliphatic hydroxyl groups is 1. The van der Waals surface area contributed by atoms with Crippen LogP contribution in [0.5, 0.6) is 0 Å². The van der Waals surface area contributed by atoms with Gasteiger partial charge in [-0.2, -0.15) is 0 Å². The van der Waals surface area contributed by atoms with Crippen LogP contribution in [0.2, 0.25) is 0 Å². The molecule has 5 rings (SSSR count). The molecule has 0 saturated carbocycles. The van der Waals surface area contributed by atoms with E-state index in [2.05, 4.69) is 9.47 Å². The van der Waals surface area contributed by atoms with Gasteiger partial charge in [0.1, 0.15) is 17.5 Å². The highest BCUT2D eigenvalue weighted by atomic mass is 19.1. The number of nitrogens with zero attached hydrogens (tertiary/aromatic N) is 2. The molecule has 4 aromatic rings. The van der Waals surface area contributed by atoms with Crippen LogP contribution in [0.25, 0.3) is 16.6 Å². The first-order chi connectivity index (χ1) is 16.0. The lowest BCUT2D eigenvalue weighted by Gasteiger charge is -2.28. The third kappa shape index (κ3) is 4.41. The number of aromatic nitrogens is 1. The minimum Gasteiger partial charge on any atom is -0.388 e. The fourth-order valence-corrected chi connectivity index (χ4v) is 4.85. The van der Waals surface area contributed by atoms with Gasteiger partial charge in [0.15, 0.2) is 0 Å². The molecule has 0 saturated heterocycles. The molecule has 0 bridgehead atoms. The molecule has 0 fully saturated rings. The van der Waals surface area contributed by atoms with Crippen LogP contribution in [0, 0.1) is 17.5 Å². The average molecular weight is 451 g/mol. The Morgan fingerprint density at radius 2 is 1.64 bits per heavy atom. The van der Waals surface area contributed by atoms with E-state index >= 15 is 0 Å². The topological polar surface area (TPSA) is 28.4 Å². The van der Waals surface area contributed by atoms with E-state index < -0.39 is 6.10 Å². The summed E-state index contributed by atoms with van der Waals surface area (Å²) < 4.78 is 43.1. The molecule has 0 radical (unpaired) electrons. The predicted octanol–water partition coefficient (Wildman–Crippen LogP) is 5.92. The van der Waals surface area contributed by atoms with Crippen LogP contribution in [-0.2, 0) is 13.0 Å². The van der Waals surface area contributed by atoms with Crippen LogP contribution >= 0.6 is 0 Å². The van der Waals surface area contributed by atoms with Gasteiger partial charge in [0, 0.05) is 36.3 Å². The molecule has 0 amide bonds. The summed E-state index contributed by atoms with van der Waals surface area (Å²) >= 11 is 0. The molecule has 3 aromatic carbocycles. The average Bonchev–Trinajstić information content (AvgIpc) is 3.12. The Labute approximate surface area is 190 Å². The van der Waals surface area contributed by atoms with E-state index in [1.165, 1.54) is 30.3 Å². The summed E-state index contributed by atoms with van der Waals surface area (Å²) in [6.07, 6.45) is 1.39. The second-order valence-corrected chi connectivity index (χ2v) is 8.64. The Hall–Kier alpha value is -3.09. The van der Waals surface area contributed by atoms with E-state index in [0.717, 1.165) is 53.8 Å². The summed E-state index contributed by atoms with van der Waals surface area (Å²) in [6, 6.07) is 17.3. The molecule has 2 heterocycles. The molecular weight excluding hydrogens is 425 g/mol. The normalized spacial score (nSPS) is 15.0. The highest BCUT2D eigenvalue weighted by Crippen LogP contribution is 2.34. The third-order valence-electron chi connectivity index (χ3n) is 6.46. The van der Waals surface area contributed by atoms with Gasteiger partial charge in [-0.3, -0.25) is 4.90 Å². The number of hydrogen-bond donors (Lipinski definition) is 1. The smallest absolute Gasteiger partial charge is 0.123 e. The van der Waals surface area contributed by atoms with Gasteiger partial charge in [-0.05, 0) is 85.1 Å². The molecule has 0 spiro atoms. The highest BCUT2D eigenvalue weighted by molar-refractivity contribution is 5.87.